The van der Waals surface area contributed by atoms with E-state index < -0.39 is 18.0 Å². The SMILES string of the molecule is CCOC(=O)c1ncc(CCl)c(I)c1C(F)F. The van der Waals surface area contributed by atoms with Gasteiger partial charge in [0.25, 0.3) is 6.43 Å². The van der Waals surface area contributed by atoms with Crippen LogP contribution in [0.1, 0.15) is 35.0 Å². The van der Waals surface area contributed by atoms with Gasteiger partial charge in [-0.1, -0.05) is 0 Å². The second-order valence-corrected chi connectivity index (χ2v) is 4.36. The number of halogens is 4. The molecule has 0 amide bonds. The van der Waals surface area contributed by atoms with Crippen LogP contribution in [0.5, 0.6) is 0 Å². The van der Waals surface area contributed by atoms with E-state index in [0.29, 0.717) is 5.56 Å². The number of carbonyl (C=O) groups excluding carboxylic acids is 1. The molecule has 7 heteroatoms. The summed E-state index contributed by atoms with van der Waals surface area (Å²) in [5.74, 6) is -0.782. The van der Waals surface area contributed by atoms with Crippen LogP contribution in [-0.4, -0.2) is 17.6 Å². The van der Waals surface area contributed by atoms with Crippen LogP contribution in [0.4, 0.5) is 8.78 Å². The van der Waals surface area contributed by atoms with Crippen LogP contribution >= 0.6 is 34.2 Å². The number of esters is 1. The number of hydrogen-bond donors (Lipinski definition) is 0. The summed E-state index contributed by atoms with van der Waals surface area (Å²) in [6, 6.07) is 0. The van der Waals surface area contributed by atoms with E-state index in [1.54, 1.807) is 29.5 Å². The molecule has 0 atom stereocenters. The Labute approximate surface area is 116 Å². The fourth-order valence-electron chi connectivity index (χ4n) is 1.20. The van der Waals surface area contributed by atoms with Gasteiger partial charge in [-0.2, -0.15) is 0 Å². The second-order valence-electron chi connectivity index (χ2n) is 3.01. The first-order valence-corrected chi connectivity index (χ1v) is 6.32. The summed E-state index contributed by atoms with van der Waals surface area (Å²) >= 11 is 7.33. The lowest BCUT2D eigenvalue weighted by atomic mass is 10.1. The molecule has 3 nitrogen and oxygen atoms in total. The third-order valence-corrected chi connectivity index (χ3v) is 3.52. The number of ether oxygens (including phenoxy) is 1. The third-order valence-electron chi connectivity index (χ3n) is 1.95. The van der Waals surface area contributed by atoms with Crippen molar-refractivity contribution < 1.29 is 18.3 Å². The summed E-state index contributed by atoms with van der Waals surface area (Å²) in [6.45, 7) is 1.70. The van der Waals surface area contributed by atoms with Gasteiger partial charge in [0.2, 0.25) is 0 Å². The minimum absolute atomic E-state index is 0.0636. The van der Waals surface area contributed by atoms with E-state index >= 15 is 0 Å². The predicted octanol–water partition coefficient (Wildman–Crippen LogP) is 3.54. The molecule has 94 valence electrons. The van der Waals surface area contributed by atoms with Crippen molar-refractivity contribution in [2.75, 3.05) is 6.61 Å². The fraction of sp³-hybridized carbons (Fsp3) is 0.400. The second kappa shape index (κ2) is 6.44. The largest absolute Gasteiger partial charge is 0.461 e. The van der Waals surface area contributed by atoms with Crippen molar-refractivity contribution in [1.82, 2.24) is 4.98 Å². The third kappa shape index (κ3) is 3.25. The summed E-state index contributed by atoms with van der Waals surface area (Å²) in [5.41, 5.74) is -0.294. The molecule has 0 saturated heterocycles. The monoisotopic (exact) mass is 375 g/mol. The Morgan fingerprint density at radius 1 is 1.65 bits per heavy atom. The lowest BCUT2D eigenvalue weighted by molar-refractivity contribution is 0.0507. The molecule has 1 aromatic rings. The quantitative estimate of drug-likeness (QED) is 0.459. The maximum atomic E-state index is 12.9. The fourth-order valence-corrected chi connectivity index (χ4v) is 2.45. The van der Waals surface area contributed by atoms with Crippen LogP contribution in [-0.2, 0) is 10.6 Å². The number of nitrogens with zero attached hydrogens (tertiary/aromatic N) is 1. The number of aromatic nitrogens is 1. The summed E-state index contributed by atoms with van der Waals surface area (Å²) in [4.78, 5) is 15.2. The zero-order chi connectivity index (χ0) is 13.0. The number of carbonyl (C=O) groups is 1. The molecule has 0 aromatic carbocycles. The van der Waals surface area contributed by atoms with E-state index in [4.69, 9.17) is 11.6 Å². The Balaban J connectivity index is 3.31. The van der Waals surface area contributed by atoms with Gasteiger partial charge in [-0.25, -0.2) is 18.6 Å². The first kappa shape index (κ1) is 14.6. The van der Waals surface area contributed by atoms with Crippen LogP contribution in [0.25, 0.3) is 0 Å². The molecule has 1 heterocycles. The van der Waals surface area contributed by atoms with Crippen molar-refractivity contribution in [1.29, 1.82) is 0 Å². The lowest BCUT2D eigenvalue weighted by Crippen LogP contribution is -2.13. The molecule has 0 unspecified atom stereocenters. The first-order chi connectivity index (χ1) is 8.02. The minimum atomic E-state index is -2.79. The normalized spacial score (nSPS) is 10.7. The standard InChI is InChI=1S/C10H9ClF2INO2/c1-2-17-10(16)8-6(9(12)13)7(14)5(3-11)4-15-8/h4,9H,2-3H2,1H3. The molecule has 0 N–H and O–H groups in total. The molecular formula is C10H9ClF2INO2. The van der Waals surface area contributed by atoms with Gasteiger partial charge >= 0.3 is 5.97 Å². The summed E-state index contributed by atoms with van der Waals surface area (Å²) in [7, 11) is 0. The highest BCUT2D eigenvalue weighted by molar-refractivity contribution is 14.1. The molecule has 0 bridgehead atoms. The molecule has 0 saturated carbocycles. The van der Waals surface area contributed by atoms with Crippen LogP contribution in [0.3, 0.4) is 0 Å². The lowest BCUT2D eigenvalue weighted by Gasteiger charge is -2.11. The van der Waals surface area contributed by atoms with E-state index in [1.165, 1.54) is 6.20 Å². The maximum absolute atomic E-state index is 12.9. The Morgan fingerprint density at radius 2 is 2.29 bits per heavy atom. The van der Waals surface area contributed by atoms with Gasteiger partial charge in [0.05, 0.1) is 12.2 Å². The van der Waals surface area contributed by atoms with Crippen molar-refractivity contribution in [3.63, 3.8) is 0 Å². The van der Waals surface area contributed by atoms with Gasteiger partial charge in [0.1, 0.15) is 0 Å². The first-order valence-electron chi connectivity index (χ1n) is 4.71. The Kier molecular flexibility index (Phi) is 5.51. The number of alkyl halides is 3. The molecule has 1 aromatic heterocycles. The highest BCUT2D eigenvalue weighted by atomic mass is 127. The summed E-state index contributed by atoms with van der Waals surface area (Å²) in [5, 5.41) is 0. The number of pyridine rings is 1. The van der Waals surface area contributed by atoms with Gasteiger partial charge in [-0.3, -0.25) is 0 Å². The van der Waals surface area contributed by atoms with E-state index in [-0.39, 0.29) is 21.8 Å². The topological polar surface area (TPSA) is 39.2 Å². The Hall–Kier alpha value is -0.500. The highest BCUT2D eigenvalue weighted by Crippen LogP contribution is 2.30. The van der Waals surface area contributed by atoms with E-state index in [0.717, 1.165) is 0 Å². The zero-order valence-corrected chi connectivity index (χ0v) is 11.8. The molecule has 0 radical (unpaired) electrons. The molecule has 0 fully saturated rings. The molecule has 1 rings (SSSR count). The highest BCUT2D eigenvalue weighted by Gasteiger charge is 2.25. The summed E-state index contributed by atoms with van der Waals surface area (Å²) in [6.07, 6.45) is -1.48. The number of rotatable bonds is 4. The van der Waals surface area contributed by atoms with Crippen molar-refractivity contribution >= 4 is 40.2 Å². The van der Waals surface area contributed by atoms with E-state index in [1.807, 2.05) is 0 Å². The van der Waals surface area contributed by atoms with Crippen LogP contribution in [0.2, 0.25) is 0 Å². The molecule has 0 spiro atoms. The smallest absolute Gasteiger partial charge is 0.357 e. The van der Waals surface area contributed by atoms with E-state index in [2.05, 4.69) is 9.72 Å². The van der Waals surface area contributed by atoms with Gasteiger partial charge in [-0.05, 0) is 35.1 Å². The Morgan fingerprint density at radius 3 is 2.76 bits per heavy atom. The van der Waals surface area contributed by atoms with Crippen LogP contribution in [0.15, 0.2) is 6.20 Å². The molecular weight excluding hydrogens is 366 g/mol. The molecule has 0 aliphatic carbocycles. The average molecular weight is 376 g/mol. The van der Waals surface area contributed by atoms with Crippen molar-refractivity contribution in [2.45, 2.75) is 19.2 Å². The average Bonchev–Trinajstić information content (AvgIpc) is 2.28. The van der Waals surface area contributed by atoms with Crippen molar-refractivity contribution in [3.05, 3.63) is 26.6 Å². The van der Waals surface area contributed by atoms with Crippen LogP contribution < -0.4 is 0 Å². The number of hydrogen-bond acceptors (Lipinski definition) is 3. The molecule has 0 aliphatic rings. The predicted molar refractivity (Wildman–Crippen MR) is 67.4 cm³/mol. The maximum Gasteiger partial charge on any atom is 0.357 e. The van der Waals surface area contributed by atoms with Crippen molar-refractivity contribution in [2.24, 2.45) is 0 Å². The van der Waals surface area contributed by atoms with Gasteiger partial charge < -0.3 is 4.74 Å². The van der Waals surface area contributed by atoms with Crippen LogP contribution in [0, 0.1) is 3.57 Å². The van der Waals surface area contributed by atoms with Gasteiger partial charge in [-0.15, -0.1) is 11.6 Å². The zero-order valence-electron chi connectivity index (χ0n) is 8.84. The minimum Gasteiger partial charge on any atom is -0.461 e. The summed E-state index contributed by atoms with van der Waals surface area (Å²) < 4.78 is 30.8. The van der Waals surface area contributed by atoms with Crippen molar-refractivity contribution in [3.8, 4) is 0 Å². The van der Waals surface area contributed by atoms with E-state index in [9.17, 15) is 13.6 Å². The van der Waals surface area contributed by atoms with Gasteiger partial charge in [0.15, 0.2) is 5.69 Å². The molecule has 0 aliphatic heterocycles. The Bertz CT molecular complexity index is 429. The molecule has 17 heavy (non-hydrogen) atoms. The van der Waals surface area contributed by atoms with Gasteiger partial charge in [0, 0.05) is 15.6 Å².